The van der Waals surface area contributed by atoms with Gasteiger partial charge in [-0.25, -0.2) is 15.0 Å². The molecule has 2 saturated heterocycles. The minimum Gasteiger partial charge on any atom is -0.341 e. The lowest BCUT2D eigenvalue weighted by Gasteiger charge is -2.31. The van der Waals surface area contributed by atoms with Crippen LogP contribution >= 0.6 is 11.3 Å². The van der Waals surface area contributed by atoms with Crippen LogP contribution in [0.1, 0.15) is 42.3 Å². The molecule has 1 unspecified atom stereocenters. The largest absolute Gasteiger partial charge is 0.341 e. The van der Waals surface area contributed by atoms with Gasteiger partial charge in [0, 0.05) is 49.9 Å². The molecule has 2 aliphatic heterocycles. The van der Waals surface area contributed by atoms with Crippen LogP contribution in [0.4, 0.5) is 5.95 Å². The van der Waals surface area contributed by atoms with Gasteiger partial charge in [0.25, 0.3) is 0 Å². The van der Waals surface area contributed by atoms with Crippen molar-refractivity contribution in [1.82, 2.24) is 19.9 Å². The van der Waals surface area contributed by atoms with Crippen molar-refractivity contribution in [1.29, 1.82) is 0 Å². The highest BCUT2D eigenvalue weighted by Crippen LogP contribution is 2.28. The summed E-state index contributed by atoms with van der Waals surface area (Å²) in [6, 6.07) is 2.06. The molecule has 0 radical (unpaired) electrons. The van der Waals surface area contributed by atoms with Crippen LogP contribution < -0.4 is 4.90 Å². The Morgan fingerprint density at radius 3 is 2.83 bits per heavy atom. The third-order valence-electron chi connectivity index (χ3n) is 4.78. The lowest BCUT2D eigenvalue weighted by atomic mass is 9.98. The van der Waals surface area contributed by atoms with Crippen molar-refractivity contribution in [2.24, 2.45) is 0 Å². The van der Waals surface area contributed by atoms with Gasteiger partial charge in [-0.15, -0.1) is 11.3 Å². The molecular weight excluding hydrogens is 306 g/mol. The summed E-state index contributed by atoms with van der Waals surface area (Å²) in [6.45, 7) is 5.37. The van der Waals surface area contributed by atoms with E-state index < -0.39 is 0 Å². The van der Waals surface area contributed by atoms with Crippen LogP contribution in [0.5, 0.6) is 0 Å². The summed E-state index contributed by atoms with van der Waals surface area (Å²) in [5.74, 6) is 1.50. The van der Waals surface area contributed by atoms with Crippen molar-refractivity contribution >= 4 is 17.3 Å². The zero-order chi connectivity index (χ0) is 15.5. The van der Waals surface area contributed by atoms with Crippen LogP contribution in [-0.4, -0.2) is 46.0 Å². The normalized spacial score (nSPS) is 22.6. The van der Waals surface area contributed by atoms with E-state index in [1.807, 2.05) is 12.4 Å². The predicted molar refractivity (Wildman–Crippen MR) is 92.8 cm³/mol. The van der Waals surface area contributed by atoms with Crippen LogP contribution in [0.3, 0.4) is 0 Å². The number of hydrogen-bond acceptors (Lipinski definition) is 6. The number of nitrogens with zero attached hydrogens (tertiary/aromatic N) is 5. The molecule has 4 rings (SSSR count). The number of anilines is 1. The van der Waals surface area contributed by atoms with Gasteiger partial charge in [0.15, 0.2) is 0 Å². The highest BCUT2D eigenvalue weighted by atomic mass is 32.1. The maximum absolute atomic E-state index is 4.80. The van der Waals surface area contributed by atoms with Gasteiger partial charge in [-0.2, -0.15) is 0 Å². The summed E-state index contributed by atoms with van der Waals surface area (Å²) >= 11 is 1.79. The second kappa shape index (κ2) is 6.93. The highest BCUT2D eigenvalue weighted by Gasteiger charge is 2.23. The standard InChI is InChI=1S/C17H23N5S/c1-2-10-22(9-1)17-19-6-5-15(20-17)13-21-8-3-4-14(12-21)16-18-7-11-23-16/h5-7,11,14H,1-4,8-10,12-13H2. The Morgan fingerprint density at radius 2 is 2.00 bits per heavy atom. The van der Waals surface area contributed by atoms with Gasteiger partial charge in [0.1, 0.15) is 0 Å². The van der Waals surface area contributed by atoms with Crippen molar-refractivity contribution in [3.63, 3.8) is 0 Å². The SMILES string of the molecule is c1cc(CN2CCCC(c3nccs3)C2)nc(N2CCCC2)n1. The Morgan fingerprint density at radius 1 is 1.09 bits per heavy atom. The first-order valence-corrected chi connectivity index (χ1v) is 9.45. The van der Waals surface area contributed by atoms with E-state index in [1.54, 1.807) is 11.3 Å². The van der Waals surface area contributed by atoms with Gasteiger partial charge in [-0.3, -0.25) is 4.90 Å². The molecule has 6 heteroatoms. The first kappa shape index (κ1) is 15.0. The van der Waals surface area contributed by atoms with Crippen LogP contribution in [-0.2, 0) is 6.54 Å². The third kappa shape index (κ3) is 3.53. The average molecular weight is 329 g/mol. The first-order chi connectivity index (χ1) is 11.4. The fourth-order valence-electron chi connectivity index (χ4n) is 3.61. The average Bonchev–Trinajstić information content (AvgIpc) is 3.29. The van der Waals surface area contributed by atoms with Crippen LogP contribution in [0.25, 0.3) is 0 Å². The monoisotopic (exact) mass is 329 g/mol. The van der Waals surface area contributed by atoms with Gasteiger partial charge in [-0.1, -0.05) is 0 Å². The fraction of sp³-hybridized carbons (Fsp3) is 0.588. The molecule has 122 valence electrons. The van der Waals surface area contributed by atoms with E-state index >= 15 is 0 Å². The molecule has 0 aromatic carbocycles. The molecule has 0 saturated carbocycles. The van der Waals surface area contributed by atoms with E-state index in [-0.39, 0.29) is 0 Å². The van der Waals surface area contributed by atoms with Gasteiger partial charge < -0.3 is 4.90 Å². The summed E-state index contributed by atoms with van der Waals surface area (Å²) in [5, 5.41) is 3.37. The second-order valence-electron chi connectivity index (χ2n) is 6.49. The smallest absolute Gasteiger partial charge is 0.225 e. The van der Waals surface area contributed by atoms with Crippen LogP contribution in [0.15, 0.2) is 23.8 Å². The molecule has 1 atom stereocenters. The van der Waals surface area contributed by atoms with E-state index in [4.69, 9.17) is 4.98 Å². The molecule has 0 bridgehead atoms. The summed E-state index contributed by atoms with van der Waals surface area (Å²) in [7, 11) is 0. The molecule has 0 amide bonds. The fourth-order valence-corrected chi connectivity index (χ4v) is 4.38. The van der Waals surface area contributed by atoms with Crippen molar-refractivity contribution in [2.75, 3.05) is 31.1 Å². The summed E-state index contributed by atoms with van der Waals surface area (Å²) in [4.78, 5) is 18.6. The Labute approximate surface area is 141 Å². The lowest BCUT2D eigenvalue weighted by molar-refractivity contribution is 0.198. The molecule has 4 heterocycles. The zero-order valence-electron chi connectivity index (χ0n) is 13.4. The number of hydrogen-bond donors (Lipinski definition) is 0. The maximum atomic E-state index is 4.80. The molecule has 0 spiro atoms. The third-order valence-corrected chi connectivity index (χ3v) is 5.72. The van der Waals surface area contributed by atoms with Gasteiger partial charge in [0.2, 0.25) is 5.95 Å². The van der Waals surface area contributed by atoms with Crippen molar-refractivity contribution in [2.45, 2.75) is 38.1 Å². The Balaban J connectivity index is 1.42. The molecule has 5 nitrogen and oxygen atoms in total. The molecule has 2 aromatic heterocycles. The van der Waals surface area contributed by atoms with E-state index in [2.05, 4.69) is 31.2 Å². The first-order valence-electron chi connectivity index (χ1n) is 8.57. The summed E-state index contributed by atoms with van der Waals surface area (Å²) in [6.07, 6.45) is 8.86. The number of rotatable bonds is 4. The van der Waals surface area contributed by atoms with Gasteiger partial charge in [-0.05, 0) is 38.3 Å². The van der Waals surface area contributed by atoms with Gasteiger partial charge >= 0.3 is 0 Å². The second-order valence-corrected chi connectivity index (χ2v) is 7.41. The molecule has 0 aliphatic carbocycles. The van der Waals surface area contributed by atoms with Crippen molar-refractivity contribution in [3.05, 3.63) is 34.5 Å². The molecule has 0 N–H and O–H groups in total. The minimum atomic E-state index is 0.587. The summed E-state index contributed by atoms with van der Waals surface area (Å²) < 4.78 is 0. The van der Waals surface area contributed by atoms with E-state index in [0.717, 1.165) is 44.4 Å². The molecule has 2 aromatic rings. The Bertz CT molecular complexity index is 624. The van der Waals surface area contributed by atoms with Crippen LogP contribution in [0, 0.1) is 0 Å². The van der Waals surface area contributed by atoms with Crippen molar-refractivity contribution in [3.8, 4) is 0 Å². The predicted octanol–water partition coefficient (Wildman–Crippen LogP) is 2.91. The number of likely N-dealkylation sites (tertiary alicyclic amines) is 1. The summed E-state index contributed by atoms with van der Waals surface area (Å²) in [5.41, 5.74) is 1.14. The topological polar surface area (TPSA) is 45.2 Å². The molecule has 23 heavy (non-hydrogen) atoms. The van der Waals surface area contributed by atoms with E-state index in [1.165, 1.54) is 30.7 Å². The number of piperidine rings is 1. The lowest BCUT2D eigenvalue weighted by Crippen LogP contribution is -2.34. The van der Waals surface area contributed by atoms with E-state index in [0.29, 0.717) is 5.92 Å². The highest BCUT2D eigenvalue weighted by molar-refractivity contribution is 7.09. The van der Waals surface area contributed by atoms with Crippen LogP contribution in [0.2, 0.25) is 0 Å². The maximum Gasteiger partial charge on any atom is 0.225 e. The van der Waals surface area contributed by atoms with Crippen molar-refractivity contribution < 1.29 is 0 Å². The quantitative estimate of drug-likeness (QED) is 0.863. The van der Waals surface area contributed by atoms with Gasteiger partial charge in [0.05, 0.1) is 10.7 Å². The molecular formula is C17H23N5S. The zero-order valence-corrected chi connectivity index (χ0v) is 14.2. The Hall–Kier alpha value is -1.53. The molecule has 2 aliphatic rings. The minimum absolute atomic E-state index is 0.587. The van der Waals surface area contributed by atoms with E-state index in [9.17, 15) is 0 Å². The molecule has 2 fully saturated rings. The number of aromatic nitrogens is 3. The Kier molecular flexibility index (Phi) is 4.52. The number of thiazole rings is 1.